The zero-order valence-electron chi connectivity index (χ0n) is 10.9. The Balaban J connectivity index is 2.14. The van der Waals surface area contributed by atoms with Gasteiger partial charge in [-0.3, -0.25) is 0 Å². The molecule has 4 heteroatoms. The standard InChI is InChI=1S/C13H23N3O/c1-3-5-11(9-17-2)16-10-14-8-13(16)12-6-4-7-15-12/h8,10-12,15H,3-7,9H2,1-2H3. The van der Waals surface area contributed by atoms with Crippen LogP contribution in [0.2, 0.25) is 0 Å². The van der Waals surface area contributed by atoms with Gasteiger partial charge in [0.2, 0.25) is 0 Å². The van der Waals surface area contributed by atoms with Gasteiger partial charge in [-0.1, -0.05) is 13.3 Å². The van der Waals surface area contributed by atoms with E-state index in [0.717, 1.165) is 19.6 Å². The Bertz CT molecular complexity index is 325. The van der Waals surface area contributed by atoms with Crippen LogP contribution in [0.3, 0.4) is 0 Å². The number of hydrogen-bond donors (Lipinski definition) is 1. The molecule has 0 spiro atoms. The fourth-order valence-electron chi connectivity index (χ4n) is 2.66. The minimum Gasteiger partial charge on any atom is -0.383 e. The molecule has 1 aliphatic rings. The van der Waals surface area contributed by atoms with Gasteiger partial charge in [0, 0.05) is 19.3 Å². The Hall–Kier alpha value is -0.870. The zero-order chi connectivity index (χ0) is 12.1. The highest BCUT2D eigenvalue weighted by Gasteiger charge is 2.22. The van der Waals surface area contributed by atoms with E-state index in [0.29, 0.717) is 12.1 Å². The lowest BCUT2D eigenvalue weighted by atomic mass is 10.1. The highest BCUT2D eigenvalue weighted by Crippen LogP contribution is 2.26. The summed E-state index contributed by atoms with van der Waals surface area (Å²) in [6, 6.07) is 0.901. The number of nitrogens with zero attached hydrogens (tertiary/aromatic N) is 2. The van der Waals surface area contributed by atoms with Crippen LogP contribution in [0.5, 0.6) is 0 Å². The number of rotatable bonds is 6. The molecule has 0 bridgehead atoms. The Kier molecular flexibility index (Phi) is 4.57. The van der Waals surface area contributed by atoms with E-state index in [-0.39, 0.29) is 0 Å². The van der Waals surface area contributed by atoms with Crippen molar-refractivity contribution in [3.05, 3.63) is 18.2 Å². The van der Waals surface area contributed by atoms with E-state index < -0.39 is 0 Å². The van der Waals surface area contributed by atoms with Gasteiger partial charge in [0.25, 0.3) is 0 Å². The molecule has 2 rings (SSSR count). The fourth-order valence-corrected chi connectivity index (χ4v) is 2.66. The van der Waals surface area contributed by atoms with Crippen molar-refractivity contribution in [3.8, 4) is 0 Å². The van der Waals surface area contributed by atoms with Crippen LogP contribution in [0.4, 0.5) is 0 Å². The van der Waals surface area contributed by atoms with E-state index in [4.69, 9.17) is 4.74 Å². The molecule has 1 saturated heterocycles. The molecule has 0 aromatic carbocycles. The van der Waals surface area contributed by atoms with Crippen molar-refractivity contribution in [2.75, 3.05) is 20.3 Å². The lowest BCUT2D eigenvalue weighted by Gasteiger charge is -2.22. The second-order valence-electron chi connectivity index (χ2n) is 4.77. The Morgan fingerprint density at radius 2 is 2.53 bits per heavy atom. The second-order valence-corrected chi connectivity index (χ2v) is 4.77. The third kappa shape index (κ3) is 2.87. The molecule has 0 aliphatic carbocycles. The summed E-state index contributed by atoms with van der Waals surface area (Å²) in [5.41, 5.74) is 1.32. The maximum absolute atomic E-state index is 5.33. The highest BCUT2D eigenvalue weighted by molar-refractivity contribution is 5.08. The summed E-state index contributed by atoms with van der Waals surface area (Å²) in [5.74, 6) is 0. The number of nitrogens with one attached hydrogen (secondary N) is 1. The Labute approximate surface area is 103 Å². The first kappa shape index (κ1) is 12.6. The van der Waals surface area contributed by atoms with Crippen molar-refractivity contribution < 1.29 is 4.74 Å². The lowest BCUT2D eigenvalue weighted by Crippen LogP contribution is -2.21. The molecule has 96 valence electrons. The van der Waals surface area contributed by atoms with E-state index >= 15 is 0 Å². The van der Waals surface area contributed by atoms with Crippen LogP contribution in [0.25, 0.3) is 0 Å². The zero-order valence-corrected chi connectivity index (χ0v) is 10.9. The largest absolute Gasteiger partial charge is 0.383 e. The van der Waals surface area contributed by atoms with Crippen LogP contribution in [-0.4, -0.2) is 29.8 Å². The van der Waals surface area contributed by atoms with Crippen molar-refractivity contribution in [3.63, 3.8) is 0 Å². The number of aromatic nitrogens is 2. The van der Waals surface area contributed by atoms with Gasteiger partial charge in [0.1, 0.15) is 0 Å². The summed E-state index contributed by atoms with van der Waals surface area (Å²) < 4.78 is 7.63. The van der Waals surface area contributed by atoms with Crippen LogP contribution in [0.1, 0.15) is 50.4 Å². The predicted octanol–water partition coefficient (Wildman–Crippen LogP) is 2.30. The van der Waals surface area contributed by atoms with Gasteiger partial charge in [-0.2, -0.15) is 0 Å². The fraction of sp³-hybridized carbons (Fsp3) is 0.769. The Morgan fingerprint density at radius 1 is 1.65 bits per heavy atom. The molecule has 0 amide bonds. The first-order valence-electron chi connectivity index (χ1n) is 6.60. The van der Waals surface area contributed by atoms with E-state index in [9.17, 15) is 0 Å². The SMILES string of the molecule is CCCC(COC)n1cncc1C1CCCN1. The Morgan fingerprint density at radius 3 is 3.18 bits per heavy atom. The smallest absolute Gasteiger partial charge is 0.0952 e. The molecule has 1 aromatic rings. The molecule has 2 heterocycles. The van der Waals surface area contributed by atoms with Crippen molar-refractivity contribution >= 4 is 0 Å². The molecular weight excluding hydrogens is 214 g/mol. The van der Waals surface area contributed by atoms with Gasteiger partial charge in [-0.25, -0.2) is 4.98 Å². The molecule has 0 saturated carbocycles. The topological polar surface area (TPSA) is 39.1 Å². The lowest BCUT2D eigenvalue weighted by molar-refractivity contribution is 0.148. The molecule has 2 unspecified atom stereocenters. The average molecular weight is 237 g/mol. The van der Waals surface area contributed by atoms with E-state index in [1.54, 1.807) is 7.11 Å². The molecule has 17 heavy (non-hydrogen) atoms. The molecule has 0 radical (unpaired) electrons. The summed E-state index contributed by atoms with van der Waals surface area (Å²) in [6.07, 6.45) is 8.75. The predicted molar refractivity (Wildman–Crippen MR) is 68.0 cm³/mol. The number of hydrogen-bond acceptors (Lipinski definition) is 3. The maximum Gasteiger partial charge on any atom is 0.0952 e. The van der Waals surface area contributed by atoms with Crippen molar-refractivity contribution in [1.82, 2.24) is 14.9 Å². The summed E-state index contributed by atoms with van der Waals surface area (Å²) in [5, 5.41) is 3.54. The first-order valence-corrected chi connectivity index (χ1v) is 6.60. The summed E-state index contributed by atoms with van der Waals surface area (Å²) in [6.45, 7) is 4.11. The molecule has 1 aliphatic heterocycles. The first-order chi connectivity index (χ1) is 8.36. The molecular formula is C13H23N3O. The van der Waals surface area contributed by atoms with E-state index in [2.05, 4.69) is 21.8 Å². The van der Waals surface area contributed by atoms with Crippen LogP contribution in [-0.2, 0) is 4.74 Å². The van der Waals surface area contributed by atoms with Gasteiger partial charge in [0.15, 0.2) is 0 Å². The van der Waals surface area contributed by atoms with Crippen LogP contribution < -0.4 is 5.32 Å². The third-order valence-corrected chi connectivity index (χ3v) is 3.49. The molecule has 1 fully saturated rings. The quantitative estimate of drug-likeness (QED) is 0.825. The second kappa shape index (κ2) is 6.17. The summed E-state index contributed by atoms with van der Waals surface area (Å²) in [4.78, 5) is 4.32. The van der Waals surface area contributed by atoms with Gasteiger partial charge in [0.05, 0.1) is 24.7 Å². The minimum atomic E-state index is 0.421. The van der Waals surface area contributed by atoms with Crippen LogP contribution in [0.15, 0.2) is 12.5 Å². The van der Waals surface area contributed by atoms with E-state index in [1.165, 1.54) is 25.0 Å². The summed E-state index contributed by atoms with van der Waals surface area (Å²) in [7, 11) is 1.77. The number of methoxy groups -OCH3 is 1. The van der Waals surface area contributed by atoms with Crippen molar-refractivity contribution in [2.45, 2.75) is 44.7 Å². The van der Waals surface area contributed by atoms with Gasteiger partial charge < -0.3 is 14.6 Å². The minimum absolute atomic E-state index is 0.421. The van der Waals surface area contributed by atoms with Crippen molar-refractivity contribution in [1.29, 1.82) is 0 Å². The van der Waals surface area contributed by atoms with Crippen LogP contribution in [0, 0.1) is 0 Å². The number of imidazole rings is 1. The van der Waals surface area contributed by atoms with Crippen LogP contribution >= 0.6 is 0 Å². The highest BCUT2D eigenvalue weighted by atomic mass is 16.5. The maximum atomic E-state index is 5.33. The summed E-state index contributed by atoms with van der Waals surface area (Å²) >= 11 is 0. The molecule has 4 nitrogen and oxygen atoms in total. The monoisotopic (exact) mass is 237 g/mol. The van der Waals surface area contributed by atoms with Gasteiger partial charge in [-0.05, 0) is 25.8 Å². The van der Waals surface area contributed by atoms with E-state index in [1.807, 2.05) is 12.5 Å². The third-order valence-electron chi connectivity index (χ3n) is 3.49. The molecule has 2 atom stereocenters. The van der Waals surface area contributed by atoms with Gasteiger partial charge >= 0.3 is 0 Å². The number of ether oxygens (including phenoxy) is 1. The molecule has 1 aromatic heterocycles. The van der Waals surface area contributed by atoms with Crippen molar-refractivity contribution in [2.24, 2.45) is 0 Å². The normalized spacial score (nSPS) is 21.9. The molecule has 1 N–H and O–H groups in total. The average Bonchev–Trinajstić information content (AvgIpc) is 2.99. The van der Waals surface area contributed by atoms with Gasteiger partial charge in [-0.15, -0.1) is 0 Å².